The molecule has 0 saturated heterocycles. The van der Waals surface area contributed by atoms with Crippen molar-refractivity contribution in [3.05, 3.63) is 70.4 Å². The van der Waals surface area contributed by atoms with Gasteiger partial charge in [0.15, 0.2) is 0 Å². The molecule has 1 heterocycles. The zero-order chi connectivity index (χ0) is 17.4. The molecule has 24 heavy (non-hydrogen) atoms. The van der Waals surface area contributed by atoms with E-state index < -0.39 is 5.97 Å². The normalized spacial score (nSPS) is 10.8. The van der Waals surface area contributed by atoms with Gasteiger partial charge >= 0.3 is 5.97 Å². The highest BCUT2D eigenvalue weighted by Gasteiger charge is 2.23. The van der Waals surface area contributed by atoms with Gasteiger partial charge in [-0.2, -0.15) is 5.10 Å². The van der Waals surface area contributed by atoms with Gasteiger partial charge in [0.1, 0.15) is 5.56 Å². The number of rotatable bonds is 3. The van der Waals surface area contributed by atoms with Crippen LogP contribution in [-0.2, 0) is 0 Å². The standard InChI is InChI=1S/C20H20N2O2/c1-12-6-9-16(10-7-12)19-18(20(23)24)15(4)21-22(19)17-11-13(2)5-8-14(17)3/h5-11H,1-4H3,(H,23,24). The molecule has 0 spiro atoms. The number of carbonyl (C=O) groups is 1. The van der Waals surface area contributed by atoms with Crippen LogP contribution in [0.5, 0.6) is 0 Å². The van der Waals surface area contributed by atoms with Gasteiger partial charge in [0.2, 0.25) is 0 Å². The highest BCUT2D eigenvalue weighted by Crippen LogP contribution is 2.30. The maximum Gasteiger partial charge on any atom is 0.339 e. The third kappa shape index (κ3) is 2.71. The van der Waals surface area contributed by atoms with Crippen LogP contribution in [0.4, 0.5) is 0 Å². The van der Waals surface area contributed by atoms with Crippen LogP contribution in [0.25, 0.3) is 16.9 Å². The van der Waals surface area contributed by atoms with Gasteiger partial charge in [-0.15, -0.1) is 0 Å². The molecule has 4 nitrogen and oxygen atoms in total. The summed E-state index contributed by atoms with van der Waals surface area (Å²) in [4.78, 5) is 11.8. The average Bonchev–Trinajstić information content (AvgIpc) is 2.88. The molecule has 0 fully saturated rings. The molecule has 0 atom stereocenters. The smallest absolute Gasteiger partial charge is 0.339 e. The van der Waals surface area contributed by atoms with E-state index in [4.69, 9.17) is 0 Å². The highest BCUT2D eigenvalue weighted by atomic mass is 16.4. The van der Waals surface area contributed by atoms with Crippen LogP contribution in [0.15, 0.2) is 42.5 Å². The van der Waals surface area contributed by atoms with Crippen LogP contribution in [0.1, 0.15) is 32.7 Å². The molecule has 3 rings (SSSR count). The minimum atomic E-state index is -0.959. The molecular formula is C20H20N2O2. The van der Waals surface area contributed by atoms with Crippen LogP contribution in [-0.4, -0.2) is 20.9 Å². The van der Waals surface area contributed by atoms with E-state index in [9.17, 15) is 9.90 Å². The summed E-state index contributed by atoms with van der Waals surface area (Å²) in [6.45, 7) is 7.77. The van der Waals surface area contributed by atoms with Crippen molar-refractivity contribution in [2.75, 3.05) is 0 Å². The molecule has 0 aliphatic heterocycles. The predicted octanol–water partition coefficient (Wildman–Crippen LogP) is 4.47. The Morgan fingerprint density at radius 2 is 1.58 bits per heavy atom. The van der Waals surface area contributed by atoms with Crippen molar-refractivity contribution in [2.24, 2.45) is 0 Å². The molecule has 0 aliphatic rings. The number of aromatic carboxylic acids is 1. The van der Waals surface area contributed by atoms with E-state index in [0.29, 0.717) is 11.4 Å². The quantitative estimate of drug-likeness (QED) is 0.774. The number of aromatic nitrogens is 2. The molecule has 0 bridgehead atoms. The molecule has 0 aliphatic carbocycles. The van der Waals surface area contributed by atoms with Crippen molar-refractivity contribution in [1.29, 1.82) is 0 Å². The molecule has 0 unspecified atom stereocenters. The Morgan fingerprint density at radius 3 is 2.21 bits per heavy atom. The summed E-state index contributed by atoms with van der Waals surface area (Å²) in [5, 5.41) is 14.2. The lowest BCUT2D eigenvalue weighted by atomic mass is 10.0. The number of hydrogen-bond donors (Lipinski definition) is 1. The SMILES string of the molecule is Cc1ccc(-c2c(C(=O)O)c(C)nn2-c2cc(C)ccc2C)cc1. The van der Waals surface area contributed by atoms with Crippen LogP contribution in [0.2, 0.25) is 0 Å². The summed E-state index contributed by atoms with van der Waals surface area (Å²) in [5.74, 6) is -0.959. The van der Waals surface area contributed by atoms with E-state index in [0.717, 1.165) is 27.9 Å². The maximum absolute atomic E-state index is 11.8. The summed E-state index contributed by atoms with van der Waals surface area (Å²) in [7, 11) is 0. The van der Waals surface area contributed by atoms with Gasteiger partial charge in [0.05, 0.1) is 17.1 Å². The summed E-state index contributed by atoms with van der Waals surface area (Å²) >= 11 is 0. The van der Waals surface area contributed by atoms with E-state index in [1.807, 2.05) is 63.2 Å². The van der Waals surface area contributed by atoms with Crippen molar-refractivity contribution in [1.82, 2.24) is 9.78 Å². The first-order valence-corrected chi connectivity index (χ1v) is 7.86. The maximum atomic E-state index is 11.8. The van der Waals surface area contributed by atoms with Gasteiger partial charge in [-0.1, -0.05) is 42.0 Å². The molecule has 4 heteroatoms. The first kappa shape index (κ1) is 16.0. The Bertz CT molecular complexity index is 922. The number of nitrogens with zero attached hydrogens (tertiary/aromatic N) is 2. The third-order valence-electron chi connectivity index (χ3n) is 4.19. The monoisotopic (exact) mass is 320 g/mol. The Balaban J connectivity index is 2.35. The van der Waals surface area contributed by atoms with Gasteiger partial charge in [-0.3, -0.25) is 0 Å². The molecule has 1 N–H and O–H groups in total. The van der Waals surface area contributed by atoms with Crippen LogP contribution in [0.3, 0.4) is 0 Å². The van der Waals surface area contributed by atoms with Crippen molar-refractivity contribution in [2.45, 2.75) is 27.7 Å². The van der Waals surface area contributed by atoms with Gasteiger partial charge < -0.3 is 5.11 Å². The fourth-order valence-electron chi connectivity index (χ4n) is 2.88. The average molecular weight is 320 g/mol. The van der Waals surface area contributed by atoms with Gasteiger partial charge in [-0.05, 0) is 44.9 Å². The van der Waals surface area contributed by atoms with E-state index in [2.05, 4.69) is 5.10 Å². The fourth-order valence-corrected chi connectivity index (χ4v) is 2.88. The second-order valence-corrected chi connectivity index (χ2v) is 6.18. The number of hydrogen-bond acceptors (Lipinski definition) is 2. The van der Waals surface area contributed by atoms with Crippen LogP contribution < -0.4 is 0 Å². The fraction of sp³-hybridized carbons (Fsp3) is 0.200. The lowest BCUT2D eigenvalue weighted by Crippen LogP contribution is -2.05. The van der Waals surface area contributed by atoms with E-state index >= 15 is 0 Å². The number of aryl methyl sites for hydroxylation is 4. The topological polar surface area (TPSA) is 55.1 Å². The zero-order valence-corrected chi connectivity index (χ0v) is 14.3. The molecule has 0 saturated carbocycles. The summed E-state index contributed by atoms with van der Waals surface area (Å²) in [6, 6.07) is 14.0. The van der Waals surface area contributed by atoms with Crippen molar-refractivity contribution >= 4 is 5.97 Å². The summed E-state index contributed by atoms with van der Waals surface area (Å²) in [6.07, 6.45) is 0. The minimum absolute atomic E-state index is 0.250. The second-order valence-electron chi connectivity index (χ2n) is 6.18. The first-order valence-electron chi connectivity index (χ1n) is 7.86. The number of carboxylic acid groups (broad SMARTS) is 1. The lowest BCUT2D eigenvalue weighted by molar-refractivity contribution is 0.0697. The Morgan fingerprint density at radius 1 is 0.958 bits per heavy atom. The second kappa shape index (κ2) is 5.96. The molecule has 0 amide bonds. The van der Waals surface area contributed by atoms with Gasteiger partial charge in [0.25, 0.3) is 0 Å². The zero-order valence-electron chi connectivity index (χ0n) is 14.3. The lowest BCUT2D eigenvalue weighted by Gasteiger charge is -2.12. The number of benzene rings is 2. The molecule has 0 radical (unpaired) electrons. The van der Waals surface area contributed by atoms with E-state index in [1.165, 1.54) is 0 Å². The van der Waals surface area contributed by atoms with Crippen LogP contribution >= 0.6 is 0 Å². The van der Waals surface area contributed by atoms with E-state index in [-0.39, 0.29) is 5.56 Å². The molecular weight excluding hydrogens is 300 g/mol. The first-order chi connectivity index (χ1) is 11.4. The van der Waals surface area contributed by atoms with Gasteiger partial charge in [-0.25, -0.2) is 9.48 Å². The van der Waals surface area contributed by atoms with Crippen molar-refractivity contribution in [3.8, 4) is 16.9 Å². The molecule has 2 aromatic carbocycles. The third-order valence-corrected chi connectivity index (χ3v) is 4.19. The summed E-state index contributed by atoms with van der Waals surface area (Å²) < 4.78 is 1.76. The largest absolute Gasteiger partial charge is 0.478 e. The summed E-state index contributed by atoms with van der Waals surface area (Å²) in [5.41, 5.74) is 6.42. The van der Waals surface area contributed by atoms with Crippen molar-refractivity contribution in [3.63, 3.8) is 0 Å². The number of carboxylic acids is 1. The van der Waals surface area contributed by atoms with Crippen LogP contribution in [0, 0.1) is 27.7 Å². The Hall–Kier alpha value is -2.88. The Labute approximate surface area is 141 Å². The molecule has 3 aromatic rings. The van der Waals surface area contributed by atoms with Gasteiger partial charge in [0, 0.05) is 5.56 Å². The molecule has 122 valence electrons. The Kier molecular flexibility index (Phi) is 3.97. The molecule has 1 aromatic heterocycles. The highest BCUT2D eigenvalue weighted by molar-refractivity contribution is 5.96. The predicted molar refractivity (Wildman–Crippen MR) is 94.9 cm³/mol. The van der Waals surface area contributed by atoms with E-state index in [1.54, 1.807) is 11.6 Å². The van der Waals surface area contributed by atoms with Crippen molar-refractivity contribution < 1.29 is 9.90 Å². The minimum Gasteiger partial charge on any atom is -0.478 e.